The number of nitrogens with zero attached hydrogens (tertiary/aromatic N) is 1. The lowest BCUT2D eigenvalue weighted by molar-refractivity contribution is -0.385. The van der Waals surface area contributed by atoms with E-state index in [-0.39, 0.29) is 24.5 Å². The van der Waals surface area contributed by atoms with E-state index in [1.807, 2.05) is 0 Å². The van der Waals surface area contributed by atoms with Gasteiger partial charge in [0.2, 0.25) is 5.75 Å². The number of rotatable bonds is 9. The van der Waals surface area contributed by atoms with Crippen LogP contribution < -0.4 is 9.47 Å². The summed E-state index contributed by atoms with van der Waals surface area (Å²) in [7, 11) is 0. The molecule has 11 heteroatoms. The molecule has 2 aromatic rings. The van der Waals surface area contributed by atoms with Gasteiger partial charge in [0.1, 0.15) is 23.7 Å². The van der Waals surface area contributed by atoms with Crippen LogP contribution in [0.5, 0.6) is 17.2 Å². The van der Waals surface area contributed by atoms with Gasteiger partial charge in [0.15, 0.2) is 0 Å². The molecule has 0 aliphatic rings. The average Bonchev–Trinajstić information content (AvgIpc) is 2.68. The van der Waals surface area contributed by atoms with Crippen LogP contribution in [-0.2, 0) is 15.7 Å². The number of aliphatic hydroxyl groups is 1. The summed E-state index contributed by atoms with van der Waals surface area (Å²) in [6.45, 7) is 3.40. The predicted molar refractivity (Wildman–Crippen MR) is 102 cm³/mol. The number of nitro groups is 1. The lowest BCUT2D eigenvalue weighted by Gasteiger charge is -2.20. The Morgan fingerprint density at radius 2 is 1.77 bits per heavy atom. The Hall–Kier alpha value is -3.34. The molecular formula is C20H20F3NO7. The van der Waals surface area contributed by atoms with E-state index in [0.717, 1.165) is 6.07 Å². The van der Waals surface area contributed by atoms with Gasteiger partial charge in [-0.25, -0.2) is 0 Å². The zero-order valence-electron chi connectivity index (χ0n) is 16.6. The number of carbonyl (C=O) groups excluding carboxylic acids is 1. The Morgan fingerprint density at radius 3 is 2.32 bits per heavy atom. The number of hydrogen-bond donors (Lipinski definition) is 1. The van der Waals surface area contributed by atoms with E-state index in [9.17, 15) is 33.2 Å². The molecule has 0 heterocycles. The molecule has 0 bridgehead atoms. The second-order valence-corrected chi connectivity index (χ2v) is 6.41. The molecule has 0 aliphatic heterocycles. The van der Waals surface area contributed by atoms with E-state index in [4.69, 9.17) is 14.2 Å². The summed E-state index contributed by atoms with van der Waals surface area (Å²) in [5.41, 5.74) is -1.99. The summed E-state index contributed by atoms with van der Waals surface area (Å²) in [6, 6.07) is 7.63. The van der Waals surface area contributed by atoms with Crippen LogP contribution in [0.4, 0.5) is 18.9 Å². The molecule has 2 atom stereocenters. The first-order valence-corrected chi connectivity index (χ1v) is 9.15. The maximum absolute atomic E-state index is 12.8. The van der Waals surface area contributed by atoms with Crippen molar-refractivity contribution in [1.82, 2.24) is 0 Å². The largest absolute Gasteiger partial charge is 0.488 e. The van der Waals surface area contributed by atoms with Crippen molar-refractivity contribution < 1.29 is 42.2 Å². The molecule has 168 valence electrons. The highest BCUT2D eigenvalue weighted by atomic mass is 19.4. The molecule has 0 amide bonds. The second-order valence-electron chi connectivity index (χ2n) is 6.41. The van der Waals surface area contributed by atoms with Gasteiger partial charge in [0.05, 0.1) is 23.5 Å². The highest BCUT2D eigenvalue weighted by Gasteiger charge is 2.33. The van der Waals surface area contributed by atoms with Crippen molar-refractivity contribution in [3.8, 4) is 17.2 Å². The molecule has 2 unspecified atom stereocenters. The molecule has 0 aliphatic carbocycles. The number of benzene rings is 2. The van der Waals surface area contributed by atoms with E-state index >= 15 is 0 Å². The summed E-state index contributed by atoms with van der Waals surface area (Å²) in [5.74, 6) is -0.489. The van der Waals surface area contributed by atoms with E-state index in [2.05, 4.69) is 0 Å². The number of nitro benzene ring substituents is 1. The predicted octanol–water partition coefficient (Wildman–Crippen LogP) is 4.49. The van der Waals surface area contributed by atoms with Crippen LogP contribution in [0.2, 0.25) is 0 Å². The number of alkyl halides is 3. The van der Waals surface area contributed by atoms with Gasteiger partial charge in [-0.3, -0.25) is 14.9 Å². The minimum absolute atomic E-state index is 0.120. The molecule has 2 rings (SSSR count). The SMILES string of the molecule is CCOC(=O)CC(O)C(C)Oc1ccc(Oc2ccc(C(F)(F)F)cc2[N+](=O)[O-])cc1. The van der Waals surface area contributed by atoms with Crippen molar-refractivity contribution in [3.05, 3.63) is 58.1 Å². The summed E-state index contributed by atoms with van der Waals surface area (Å²) in [4.78, 5) is 21.6. The van der Waals surface area contributed by atoms with Gasteiger partial charge < -0.3 is 19.3 Å². The monoisotopic (exact) mass is 443 g/mol. The molecule has 0 radical (unpaired) electrons. The van der Waals surface area contributed by atoms with Crippen molar-refractivity contribution in [2.45, 2.75) is 38.7 Å². The third-order valence-corrected chi connectivity index (χ3v) is 4.08. The van der Waals surface area contributed by atoms with E-state index < -0.39 is 40.5 Å². The minimum Gasteiger partial charge on any atom is -0.488 e. The third kappa shape index (κ3) is 6.85. The van der Waals surface area contributed by atoms with Crippen LogP contribution in [0, 0.1) is 10.1 Å². The molecule has 0 saturated heterocycles. The first-order chi connectivity index (χ1) is 14.5. The van der Waals surface area contributed by atoms with Gasteiger partial charge in [-0.1, -0.05) is 0 Å². The highest BCUT2D eigenvalue weighted by molar-refractivity contribution is 5.70. The van der Waals surface area contributed by atoms with Gasteiger partial charge in [-0.15, -0.1) is 0 Å². The van der Waals surface area contributed by atoms with Crippen LogP contribution in [0.25, 0.3) is 0 Å². The number of aliphatic hydroxyl groups excluding tert-OH is 1. The lowest BCUT2D eigenvalue weighted by Crippen LogP contribution is -2.31. The van der Waals surface area contributed by atoms with Gasteiger partial charge in [-0.05, 0) is 50.2 Å². The molecule has 0 saturated carbocycles. The van der Waals surface area contributed by atoms with Crippen LogP contribution in [0.3, 0.4) is 0 Å². The smallest absolute Gasteiger partial charge is 0.416 e. The summed E-state index contributed by atoms with van der Waals surface area (Å²) in [5, 5.41) is 21.1. The number of esters is 1. The van der Waals surface area contributed by atoms with Crippen molar-refractivity contribution >= 4 is 11.7 Å². The van der Waals surface area contributed by atoms with E-state index in [1.54, 1.807) is 13.8 Å². The molecular weight excluding hydrogens is 423 g/mol. The average molecular weight is 443 g/mol. The Morgan fingerprint density at radius 1 is 1.16 bits per heavy atom. The van der Waals surface area contributed by atoms with Crippen molar-refractivity contribution in [2.24, 2.45) is 0 Å². The number of hydrogen-bond acceptors (Lipinski definition) is 7. The fourth-order valence-corrected chi connectivity index (χ4v) is 2.49. The van der Waals surface area contributed by atoms with Crippen molar-refractivity contribution in [1.29, 1.82) is 0 Å². The van der Waals surface area contributed by atoms with Crippen molar-refractivity contribution in [3.63, 3.8) is 0 Å². The molecule has 0 fully saturated rings. The molecule has 31 heavy (non-hydrogen) atoms. The fourth-order valence-electron chi connectivity index (χ4n) is 2.49. The normalized spacial score (nSPS) is 13.2. The van der Waals surface area contributed by atoms with Crippen LogP contribution in [-0.4, -0.2) is 34.8 Å². The minimum atomic E-state index is -4.73. The maximum atomic E-state index is 12.8. The Bertz CT molecular complexity index is 916. The molecule has 1 N–H and O–H groups in total. The molecule has 0 spiro atoms. The summed E-state index contributed by atoms with van der Waals surface area (Å²) in [6.07, 6.45) is -6.82. The standard InChI is InChI=1S/C20H20F3NO7/c1-3-29-19(26)11-17(25)12(2)30-14-5-7-15(8-6-14)31-18-9-4-13(20(21,22)23)10-16(18)24(27)28/h4-10,12,17,25H,3,11H2,1-2H3. The van der Waals surface area contributed by atoms with Gasteiger partial charge in [-0.2, -0.15) is 13.2 Å². The number of halogens is 3. The summed E-state index contributed by atoms with van der Waals surface area (Å²) < 4.78 is 54.0. The highest BCUT2D eigenvalue weighted by Crippen LogP contribution is 2.38. The van der Waals surface area contributed by atoms with Crippen LogP contribution in [0.15, 0.2) is 42.5 Å². The third-order valence-electron chi connectivity index (χ3n) is 4.08. The molecule has 2 aromatic carbocycles. The van der Waals surface area contributed by atoms with Crippen LogP contribution >= 0.6 is 0 Å². The van der Waals surface area contributed by atoms with E-state index in [1.165, 1.54) is 24.3 Å². The molecule has 0 aromatic heterocycles. The van der Waals surface area contributed by atoms with Gasteiger partial charge in [0.25, 0.3) is 0 Å². The zero-order chi connectivity index (χ0) is 23.2. The van der Waals surface area contributed by atoms with Crippen molar-refractivity contribution in [2.75, 3.05) is 6.61 Å². The first kappa shape index (κ1) is 23.9. The lowest BCUT2D eigenvalue weighted by atomic mass is 10.1. The Balaban J connectivity index is 2.07. The number of carbonyl (C=O) groups is 1. The quantitative estimate of drug-likeness (QED) is 0.346. The first-order valence-electron chi connectivity index (χ1n) is 9.15. The van der Waals surface area contributed by atoms with Crippen LogP contribution in [0.1, 0.15) is 25.8 Å². The zero-order valence-corrected chi connectivity index (χ0v) is 16.6. The Kier molecular flexibility index (Phi) is 7.81. The second kappa shape index (κ2) is 10.1. The topological polar surface area (TPSA) is 108 Å². The van der Waals surface area contributed by atoms with Gasteiger partial charge >= 0.3 is 17.8 Å². The Labute approximate surface area is 175 Å². The van der Waals surface area contributed by atoms with E-state index in [0.29, 0.717) is 17.9 Å². The summed E-state index contributed by atoms with van der Waals surface area (Å²) >= 11 is 0. The van der Waals surface area contributed by atoms with Gasteiger partial charge in [0, 0.05) is 6.07 Å². The molecule has 8 nitrogen and oxygen atoms in total. The fraction of sp³-hybridized carbons (Fsp3) is 0.350. The maximum Gasteiger partial charge on any atom is 0.416 e. The number of ether oxygens (including phenoxy) is 3.